The molecule has 1 aromatic heterocycles. The SMILES string of the molecule is CSc1nc(-c2ccccc2Cl)c2c(n1)N1CCN=C1NC2=O. The third-order valence-electron chi connectivity index (χ3n) is 3.73. The number of carbonyl (C=O) groups excluding carboxylic acids is 1. The molecule has 1 N–H and O–H groups in total. The number of aromatic nitrogens is 2. The molecule has 1 amide bonds. The highest BCUT2D eigenvalue weighted by atomic mass is 35.5. The topological polar surface area (TPSA) is 70.5 Å². The minimum absolute atomic E-state index is 0.250. The lowest BCUT2D eigenvalue weighted by molar-refractivity contribution is 0.0974. The molecule has 0 saturated heterocycles. The van der Waals surface area contributed by atoms with Crippen LogP contribution < -0.4 is 10.2 Å². The first-order valence-corrected chi connectivity index (χ1v) is 8.63. The minimum Gasteiger partial charge on any atom is -0.294 e. The molecule has 2 aromatic rings. The van der Waals surface area contributed by atoms with E-state index in [2.05, 4.69) is 20.3 Å². The molecule has 2 aliphatic rings. The Morgan fingerprint density at radius 3 is 2.91 bits per heavy atom. The van der Waals surface area contributed by atoms with Crippen LogP contribution in [0.1, 0.15) is 10.4 Å². The van der Waals surface area contributed by atoms with E-state index in [1.54, 1.807) is 6.07 Å². The van der Waals surface area contributed by atoms with Gasteiger partial charge < -0.3 is 0 Å². The van der Waals surface area contributed by atoms with E-state index in [0.717, 1.165) is 5.56 Å². The number of hydrogen-bond acceptors (Lipinski definition) is 6. The number of nitrogens with zero attached hydrogens (tertiary/aromatic N) is 4. The quantitative estimate of drug-likeness (QED) is 0.668. The van der Waals surface area contributed by atoms with Crippen molar-refractivity contribution in [3.05, 3.63) is 34.9 Å². The fourth-order valence-electron chi connectivity index (χ4n) is 2.70. The first-order chi connectivity index (χ1) is 11.2. The Morgan fingerprint density at radius 2 is 2.13 bits per heavy atom. The fraction of sp³-hybridized carbons (Fsp3) is 0.200. The number of carbonyl (C=O) groups is 1. The van der Waals surface area contributed by atoms with Crippen LogP contribution in [0.4, 0.5) is 5.82 Å². The number of nitrogens with one attached hydrogen (secondary N) is 1. The summed E-state index contributed by atoms with van der Waals surface area (Å²) in [5.74, 6) is 0.900. The molecule has 0 fully saturated rings. The summed E-state index contributed by atoms with van der Waals surface area (Å²) < 4.78 is 0. The second kappa shape index (κ2) is 5.50. The molecule has 116 valence electrons. The van der Waals surface area contributed by atoms with Crippen LogP contribution in [-0.4, -0.2) is 41.2 Å². The maximum atomic E-state index is 12.6. The van der Waals surface area contributed by atoms with Crippen molar-refractivity contribution in [3.63, 3.8) is 0 Å². The molecule has 1 aromatic carbocycles. The third kappa shape index (κ3) is 2.27. The molecular formula is C15H12ClN5OS. The smallest absolute Gasteiger partial charge is 0.263 e. The van der Waals surface area contributed by atoms with Crippen molar-refractivity contribution in [2.24, 2.45) is 4.99 Å². The van der Waals surface area contributed by atoms with Crippen molar-refractivity contribution in [1.82, 2.24) is 15.3 Å². The highest BCUT2D eigenvalue weighted by Gasteiger charge is 2.35. The van der Waals surface area contributed by atoms with Gasteiger partial charge in [-0.2, -0.15) is 0 Å². The lowest BCUT2D eigenvalue weighted by Crippen LogP contribution is -2.48. The van der Waals surface area contributed by atoms with Gasteiger partial charge in [0.25, 0.3) is 5.91 Å². The van der Waals surface area contributed by atoms with Crippen molar-refractivity contribution < 1.29 is 4.79 Å². The lowest BCUT2D eigenvalue weighted by Gasteiger charge is -2.28. The van der Waals surface area contributed by atoms with E-state index in [1.807, 2.05) is 29.4 Å². The molecule has 0 radical (unpaired) electrons. The zero-order valence-electron chi connectivity index (χ0n) is 12.2. The van der Waals surface area contributed by atoms with E-state index < -0.39 is 0 Å². The van der Waals surface area contributed by atoms with E-state index in [4.69, 9.17) is 11.6 Å². The van der Waals surface area contributed by atoms with Gasteiger partial charge in [0.1, 0.15) is 5.56 Å². The summed E-state index contributed by atoms with van der Waals surface area (Å²) in [6, 6.07) is 7.36. The number of thioether (sulfide) groups is 1. The van der Waals surface area contributed by atoms with Gasteiger partial charge in [0.15, 0.2) is 11.0 Å². The molecule has 4 rings (SSSR count). The van der Waals surface area contributed by atoms with E-state index in [9.17, 15) is 4.79 Å². The zero-order valence-corrected chi connectivity index (χ0v) is 13.8. The lowest BCUT2D eigenvalue weighted by atomic mass is 10.0. The van der Waals surface area contributed by atoms with E-state index in [-0.39, 0.29) is 5.91 Å². The highest BCUT2D eigenvalue weighted by molar-refractivity contribution is 7.98. The number of guanidine groups is 1. The van der Waals surface area contributed by atoms with Gasteiger partial charge in [0.2, 0.25) is 5.96 Å². The molecule has 6 nitrogen and oxygen atoms in total. The van der Waals surface area contributed by atoms with Crippen LogP contribution in [0.25, 0.3) is 11.3 Å². The second-order valence-electron chi connectivity index (χ2n) is 5.05. The first-order valence-electron chi connectivity index (χ1n) is 7.03. The maximum Gasteiger partial charge on any atom is 0.263 e. The van der Waals surface area contributed by atoms with Gasteiger partial charge in [-0.15, -0.1) is 0 Å². The monoisotopic (exact) mass is 345 g/mol. The zero-order chi connectivity index (χ0) is 16.0. The molecule has 8 heteroatoms. The largest absolute Gasteiger partial charge is 0.294 e. The van der Waals surface area contributed by atoms with Crippen LogP contribution in [-0.2, 0) is 0 Å². The molecule has 3 heterocycles. The van der Waals surface area contributed by atoms with Crippen molar-refractivity contribution in [1.29, 1.82) is 0 Å². The average Bonchev–Trinajstić information content (AvgIpc) is 3.03. The first kappa shape index (κ1) is 14.5. The van der Waals surface area contributed by atoms with Crippen LogP contribution in [0.3, 0.4) is 0 Å². The summed E-state index contributed by atoms with van der Waals surface area (Å²) in [5, 5.41) is 3.96. The van der Waals surface area contributed by atoms with Gasteiger partial charge in [-0.3, -0.25) is 20.0 Å². The molecule has 2 aliphatic heterocycles. The Bertz CT molecular complexity index is 854. The fourth-order valence-corrected chi connectivity index (χ4v) is 3.28. The van der Waals surface area contributed by atoms with Crippen molar-refractivity contribution in [2.75, 3.05) is 24.2 Å². The predicted molar refractivity (Wildman–Crippen MR) is 91.4 cm³/mol. The van der Waals surface area contributed by atoms with Crippen molar-refractivity contribution in [2.45, 2.75) is 5.16 Å². The molecule has 0 atom stereocenters. The Labute approximate surface area is 142 Å². The second-order valence-corrected chi connectivity index (χ2v) is 6.23. The molecule has 0 bridgehead atoms. The van der Waals surface area contributed by atoms with Crippen LogP contribution in [0.15, 0.2) is 34.4 Å². The Kier molecular flexibility index (Phi) is 3.46. The average molecular weight is 346 g/mol. The molecule has 0 spiro atoms. The summed E-state index contributed by atoms with van der Waals surface area (Å²) in [4.78, 5) is 27.9. The van der Waals surface area contributed by atoms with Crippen LogP contribution in [0, 0.1) is 0 Å². The summed E-state index contributed by atoms with van der Waals surface area (Å²) in [6.45, 7) is 1.32. The summed E-state index contributed by atoms with van der Waals surface area (Å²) >= 11 is 7.75. The maximum absolute atomic E-state index is 12.6. The summed E-state index contributed by atoms with van der Waals surface area (Å²) in [5.41, 5.74) is 1.71. The van der Waals surface area contributed by atoms with E-state index in [0.29, 0.717) is 46.3 Å². The normalized spacial score (nSPS) is 15.8. The van der Waals surface area contributed by atoms with Gasteiger partial charge in [-0.05, 0) is 12.3 Å². The van der Waals surface area contributed by atoms with Crippen LogP contribution in [0.5, 0.6) is 0 Å². The third-order valence-corrected chi connectivity index (χ3v) is 4.61. The Hall–Kier alpha value is -2.12. The molecular weight excluding hydrogens is 334 g/mol. The summed E-state index contributed by atoms with van der Waals surface area (Å²) in [6.07, 6.45) is 1.90. The number of amides is 1. The van der Waals surface area contributed by atoms with Gasteiger partial charge in [-0.1, -0.05) is 41.6 Å². The predicted octanol–water partition coefficient (Wildman–Crippen LogP) is 2.44. The molecule has 0 saturated carbocycles. The minimum atomic E-state index is -0.250. The molecule has 0 aliphatic carbocycles. The van der Waals surface area contributed by atoms with Gasteiger partial charge >= 0.3 is 0 Å². The Balaban J connectivity index is 2.01. The van der Waals surface area contributed by atoms with Gasteiger partial charge in [-0.25, -0.2) is 9.97 Å². The van der Waals surface area contributed by atoms with E-state index >= 15 is 0 Å². The summed E-state index contributed by atoms with van der Waals surface area (Å²) in [7, 11) is 0. The molecule has 23 heavy (non-hydrogen) atoms. The number of hydrogen-bond donors (Lipinski definition) is 1. The number of aliphatic imine (C=N–C) groups is 1. The highest BCUT2D eigenvalue weighted by Crippen LogP contribution is 2.36. The number of halogens is 1. The van der Waals surface area contributed by atoms with Crippen molar-refractivity contribution >= 4 is 41.0 Å². The van der Waals surface area contributed by atoms with Crippen LogP contribution >= 0.6 is 23.4 Å². The number of benzene rings is 1. The number of anilines is 1. The van der Waals surface area contributed by atoms with Gasteiger partial charge in [0.05, 0.1) is 12.2 Å². The standard InChI is InChI=1S/C15H12ClN5OS/c1-23-15-18-11(8-4-2-3-5-9(8)16)10-12(19-15)21-7-6-17-14(21)20-13(10)22/h2-5H,6-7H2,1H3,(H,17,20,22). The van der Waals surface area contributed by atoms with Crippen molar-refractivity contribution in [3.8, 4) is 11.3 Å². The molecule has 0 unspecified atom stereocenters. The van der Waals surface area contributed by atoms with Crippen LogP contribution in [0.2, 0.25) is 5.02 Å². The number of fused-ring (bicyclic) bond motifs is 3. The van der Waals surface area contributed by atoms with Gasteiger partial charge in [0, 0.05) is 17.1 Å². The van der Waals surface area contributed by atoms with E-state index in [1.165, 1.54) is 11.8 Å². The number of rotatable bonds is 2. The Morgan fingerprint density at radius 1 is 1.30 bits per heavy atom.